The first-order chi connectivity index (χ1) is 8.60. The molecule has 0 aromatic carbocycles. The van der Waals surface area contributed by atoms with Gasteiger partial charge in [0, 0.05) is 17.5 Å². The second-order valence-corrected chi connectivity index (χ2v) is 6.31. The number of aliphatic hydroxyl groups excluding tert-OH is 1. The van der Waals surface area contributed by atoms with Gasteiger partial charge in [-0.15, -0.1) is 11.3 Å². The monoisotopic (exact) mass is 290 g/mol. The van der Waals surface area contributed by atoms with Crippen molar-refractivity contribution in [3.63, 3.8) is 0 Å². The van der Waals surface area contributed by atoms with Crippen molar-refractivity contribution in [3.8, 4) is 0 Å². The van der Waals surface area contributed by atoms with E-state index in [0.717, 1.165) is 23.7 Å². The number of thiophene rings is 1. The van der Waals surface area contributed by atoms with Crippen LogP contribution in [-0.4, -0.2) is 35.7 Å². The van der Waals surface area contributed by atoms with Crippen molar-refractivity contribution in [1.29, 1.82) is 0 Å². The zero-order chi connectivity index (χ0) is 13.5. The van der Waals surface area contributed by atoms with Crippen LogP contribution in [0.5, 0.6) is 0 Å². The summed E-state index contributed by atoms with van der Waals surface area (Å²) in [4.78, 5) is 3.44. The van der Waals surface area contributed by atoms with E-state index in [2.05, 4.69) is 11.8 Å². The Bertz CT molecular complexity index is 343. The SMILES string of the molecule is CCCCN(CCO)C(c1ccc(Cl)s1)C(C)N. The summed E-state index contributed by atoms with van der Waals surface area (Å²) in [5.74, 6) is 0. The zero-order valence-electron chi connectivity index (χ0n) is 11.1. The van der Waals surface area contributed by atoms with Crippen LogP contribution in [0.25, 0.3) is 0 Å². The second-order valence-electron chi connectivity index (χ2n) is 4.56. The van der Waals surface area contributed by atoms with Crippen molar-refractivity contribution in [2.45, 2.75) is 38.8 Å². The second kappa shape index (κ2) is 8.12. The normalized spacial score (nSPS) is 15.0. The van der Waals surface area contributed by atoms with E-state index >= 15 is 0 Å². The summed E-state index contributed by atoms with van der Waals surface area (Å²) >= 11 is 7.58. The number of hydrogen-bond acceptors (Lipinski definition) is 4. The lowest BCUT2D eigenvalue weighted by Gasteiger charge is -2.33. The Labute approximate surface area is 119 Å². The maximum absolute atomic E-state index is 9.21. The Hall–Kier alpha value is -0.130. The van der Waals surface area contributed by atoms with Gasteiger partial charge in [0.1, 0.15) is 0 Å². The number of hydrogen-bond donors (Lipinski definition) is 2. The molecule has 18 heavy (non-hydrogen) atoms. The molecule has 104 valence electrons. The topological polar surface area (TPSA) is 49.5 Å². The first kappa shape index (κ1) is 15.9. The molecule has 5 heteroatoms. The van der Waals surface area contributed by atoms with Crippen LogP contribution < -0.4 is 5.73 Å². The molecule has 1 aromatic heterocycles. The van der Waals surface area contributed by atoms with Crippen LogP contribution in [0.3, 0.4) is 0 Å². The number of nitrogens with zero attached hydrogens (tertiary/aromatic N) is 1. The molecule has 0 aliphatic rings. The van der Waals surface area contributed by atoms with E-state index in [9.17, 15) is 5.11 Å². The summed E-state index contributed by atoms with van der Waals surface area (Å²) < 4.78 is 0.787. The Balaban J connectivity index is 2.85. The molecular formula is C13H23ClN2OS. The number of halogens is 1. The van der Waals surface area contributed by atoms with Gasteiger partial charge < -0.3 is 10.8 Å². The molecular weight excluding hydrogens is 268 g/mol. The average molecular weight is 291 g/mol. The largest absolute Gasteiger partial charge is 0.395 e. The number of aliphatic hydroxyl groups is 1. The van der Waals surface area contributed by atoms with Crippen LogP contribution in [0, 0.1) is 0 Å². The Morgan fingerprint density at radius 3 is 2.61 bits per heavy atom. The number of nitrogens with two attached hydrogens (primary N) is 1. The molecule has 0 spiro atoms. The summed E-state index contributed by atoms with van der Waals surface area (Å²) in [5.41, 5.74) is 6.12. The molecule has 0 saturated heterocycles. The third kappa shape index (κ3) is 4.52. The third-order valence-electron chi connectivity index (χ3n) is 2.96. The molecule has 3 N–H and O–H groups in total. The Morgan fingerprint density at radius 1 is 1.44 bits per heavy atom. The maximum Gasteiger partial charge on any atom is 0.0931 e. The lowest BCUT2D eigenvalue weighted by molar-refractivity contribution is 0.137. The highest BCUT2D eigenvalue weighted by molar-refractivity contribution is 7.16. The van der Waals surface area contributed by atoms with Crippen molar-refractivity contribution in [2.24, 2.45) is 5.73 Å². The standard InChI is InChI=1S/C13H23ClN2OS/c1-3-4-7-16(8-9-17)13(10(2)15)11-5-6-12(14)18-11/h5-6,10,13,17H,3-4,7-9,15H2,1-2H3. The molecule has 0 amide bonds. The molecule has 0 fully saturated rings. The molecule has 2 atom stereocenters. The molecule has 0 aliphatic carbocycles. The summed E-state index contributed by atoms with van der Waals surface area (Å²) in [6.07, 6.45) is 2.25. The summed E-state index contributed by atoms with van der Waals surface area (Å²) in [6.45, 7) is 5.95. The van der Waals surface area contributed by atoms with Crippen molar-refractivity contribution in [2.75, 3.05) is 19.7 Å². The van der Waals surface area contributed by atoms with Crippen LogP contribution in [0.4, 0.5) is 0 Å². The molecule has 0 bridgehead atoms. The smallest absolute Gasteiger partial charge is 0.0931 e. The highest BCUT2D eigenvalue weighted by Gasteiger charge is 2.24. The molecule has 0 saturated carbocycles. The zero-order valence-corrected chi connectivity index (χ0v) is 12.7. The molecule has 0 aliphatic heterocycles. The van der Waals surface area contributed by atoms with Gasteiger partial charge >= 0.3 is 0 Å². The minimum Gasteiger partial charge on any atom is -0.395 e. The number of rotatable bonds is 8. The fraction of sp³-hybridized carbons (Fsp3) is 0.692. The highest BCUT2D eigenvalue weighted by atomic mass is 35.5. The van der Waals surface area contributed by atoms with Crippen LogP contribution in [0.1, 0.15) is 37.6 Å². The molecule has 3 nitrogen and oxygen atoms in total. The molecule has 2 unspecified atom stereocenters. The van der Waals surface area contributed by atoms with Crippen molar-refractivity contribution in [3.05, 3.63) is 21.3 Å². The summed E-state index contributed by atoms with van der Waals surface area (Å²) in [6, 6.07) is 4.11. The van der Waals surface area contributed by atoms with Crippen molar-refractivity contribution < 1.29 is 5.11 Å². The minimum atomic E-state index is 0.0168. The van der Waals surface area contributed by atoms with Crippen molar-refractivity contribution >= 4 is 22.9 Å². The van der Waals surface area contributed by atoms with E-state index in [1.807, 2.05) is 19.1 Å². The van der Waals surface area contributed by atoms with Gasteiger partial charge in [-0.25, -0.2) is 0 Å². The van der Waals surface area contributed by atoms with Gasteiger partial charge in [0.05, 0.1) is 17.0 Å². The van der Waals surface area contributed by atoms with Gasteiger partial charge in [-0.3, -0.25) is 4.90 Å². The lowest BCUT2D eigenvalue weighted by Crippen LogP contribution is -2.41. The van der Waals surface area contributed by atoms with E-state index in [4.69, 9.17) is 17.3 Å². The molecule has 1 rings (SSSR count). The summed E-state index contributed by atoms with van der Waals surface area (Å²) in [5, 5.41) is 9.21. The fourth-order valence-electron chi connectivity index (χ4n) is 2.14. The first-order valence-electron chi connectivity index (χ1n) is 6.45. The van der Waals surface area contributed by atoms with E-state index in [1.165, 1.54) is 4.88 Å². The first-order valence-corrected chi connectivity index (χ1v) is 7.65. The fourth-order valence-corrected chi connectivity index (χ4v) is 3.45. The summed E-state index contributed by atoms with van der Waals surface area (Å²) in [7, 11) is 0. The molecule has 1 aromatic rings. The van der Waals surface area contributed by atoms with E-state index in [1.54, 1.807) is 11.3 Å². The molecule has 1 heterocycles. The Kier molecular flexibility index (Phi) is 7.19. The predicted octanol–water partition coefficient (Wildman–Crippen LogP) is 2.88. The highest BCUT2D eigenvalue weighted by Crippen LogP contribution is 2.32. The van der Waals surface area contributed by atoms with Gasteiger partial charge in [0.2, 0.25) is 0 Å². The van der Waals surface area contributed by atoms with Crippen LogP contribution in [0.2, 0.25) is 4.34 Å². The Morgan fingerprint density at radius 2 is 2.17 bits per heavy atom. The molecule has 0 radical (unpaired) electrons. The van der Waals surface area contributed by atoms with Gasteiger partial charge in [-0.1, -0.05) is 24.9 Å². The van der Waals surface area contributed by atoms with Gasteiger partial charge in [0.25, 0.3) is 0 Å². The van der Waals surface area contributed by atoms with Crippen molar-refractivity contribution in [1.82, 2.24) is 4.90 Å². The van der Waals surface area contributed by atoms with Gasteiger partial charge in [0.15, 0.2) is 0 Å². The quantitative estimate of drug-likeness (QED) is 0.774. The third-order valence-corrected chi connectivity index (χ3v) is 4.26. The van der Waals surface area contributed by atoms with Crippen LogP contribution in [-0.2, 0) is 0 Å². The van der Waals surface area contributed by atoms with Crippen LogP contribution in [0.15, 0.2) is 12.1 Å². The lowest BCUT2D eigenvalue weighted by atomic mass is 10.1. The average Bonchev–Trinajstić information content (AvgIpc) is 2.72. The van der Waals surface area contributed by atoms with E-state index in [-0.39, 0.29) is 18.7 Å². The van der Waals surface area contributed by atoms with Gasteiger partial charge in [-0.2, -0.15) is 0 Å². The predicted molar refractivity (Wildman–Crippen MR) is 79.3 cm³/mol. The number of unbranched alkanes of at least 4 members (excludes halogenated alkanes) is 1. The van der Waals surface area contributed by atoms with Crippen LogP contribution >= 0.6 is 22.9 Å². The minimum absolute atomic E-state index is 0.0168. The maximum atomic E-state index is 9.21. The van der Waals surface area contributed by atoms with Gasteiger partial charge in [-0.05, 0) is 32.0 Å². The van der Waals surface area contributed by atoms with E-state index < -0.39 is 0 Å². The van der Waals surface area contributed by atoms with E-state index in [0.29, 0.717) is 6.54 Å².